The van der Waals surface area contributed by atoms with E-state index in [1.165, 1.54) is 38.4 Å². The molecule has 0 amide bonds. The van der Waals surface area contributed by atoms with Crippen LogP contribution in [0.4, 0.5) is 17.1 Å². The van der Waals surface area contributed by atoms with Gasteiger partial charge in [-0.2, -0.15) is 0 Å². The molecule has 0 aliphatic heterocycles. The quantitative estimate of drug-likeness (QED) is 0.186. The smallest absolute Gasteiger partial charge is 0.143 e. The van der Waals surface area contributed by atoms with Crippen molar-refractivity contribution in [3.8, 4) is 22.3 Å². The summed E-state index contributed by atoms with van der Waals surface area (Å²) in [5.41, 5.74) is 9.90. The largest absolute Gasteiger partial charge is 0.455 e. The molecule has 0 radical (unpaired) electrons. The molecule has 0 fully saturated rings. The first kappa shape index (κ1) is 26.3. The van der Waals surface area contributed by atoms with Crippen LogP contribution in [0.3, 0.4) is 0 Å². The van der Waals surface area contributed by atoms with Crippen molar-refractivity contribution in [2.24, 2.45) is 0 Å². The summed E-state index contributed by atoms with van der Waals surface area (Å²) < 4.78 is 6.39. The number of rotatable bonds is 5. The summed E-state index contributed by atoms with van der Waals surface area (Å²) in [6.07, 6.45) is 0. The van der Waals surface area contributed by atoms with E-state index in [4.69, 9.17) is 4.42 Å². The van der Waals surface area contributed by atoms with Crippen molar-refractivity contribution in [2.75, 3.05) is 4.90 Å². The van der Waals surface area contributed by atoms with Crippen LogP contribution in [0.5, 0.6) is 0 Å². The van der Waals surface area contributed by atoms with Crippen LogP contribution >= 0.6 is 0 Å². The highest BCUT2D eigenvalue weighted by atomic mass is 16.3. The molecule has 2 heteroatoms. The second-order valence-corrected chi connectivity index (χ2v) is 11.7. The molecule has 0 aliphatic carbocycles. The van der Waals surface area contributed by atoms with E-state index in [9.17, 15) is 0 Å². The molecule has 0 spiro atoms. The van der Waals surface area contributed by atoms with Crippen LogP contribution in [0, 0.1) is 0 Å². The monoisotopic (exact) mass is 587 g/mol. The standard InChI is InChI=1S/C44H29NO/c1-3-14-31(15-4-1)42-36-19-7-9-21-38(36)43(39-22-10-8-20-37(39)42)45(32-16-5-2-6-17-32)33-28-26-30(27-29-33)34-23-13-24-40-35-18-11-12-25-41(35)46-44(34)40/h1-29H. The van der Waals surface area contributed by atoms with Crippen molar-refractivity contribution < 1.29 is 4.42 Å². The highest BCUT2D eigenvalue weighted by Crippen LogP contribution is 2.48. The Hall–Kier alpha value is -6.12. The molecule has 2 nitrogen and oxygen atoms in total. The van der Waals surface area contributed by atoms with E-state index in [0.717, 1.165) is 44.4 Å². The first-order chi connectivity index (χ1) is 22.8. The van der Waals surface area contributed by atoms with Crippen LogP contribution in [-0.2, 0) is 0 Å². The van der Waals surface area contributed by atoms with Crippen molar-refractivity contribution in [1.29, 1.82) is 0 Å². The Morgan fingerprint density at radius 3 is 1.54 bits per heavy atom. The average molecular weight is 588 g/mol. The van der Waals surface area contributed by atoms with Gasteiger partial charge in [0.1, 0.15) is 11.2 Å². The van der Waals surface area contributed by atoms with Gasteiger partial charge in [-0.15, -0.1) is 0 Å². The third-order valence-corrected chi connectivity index (χ3v) is 9.04. The fourth-order valence-corrected chi connectivity index (χ4v) is 7.01. The Morgan fingerprint density at radius 1 is 0.348 bits per heavy atom. The van der Waals surface area contributed by atoms with E-state index in [1.54, 1.807) is 0 Å². The van der Waals surface area contributed by atoms with Crippen molar-refractivity contribution in [2.45, 2.75) is 0 Å². The van der Waals surface area contributed by atoms with E-state index < -0.39 is 0 Å². The van der Waals surface area contributed by atoms with Crippen LogP contribution < -0.4 is 4.90 Å². The van der Waals surface area contributed by atoms with E-state index in [0.29, 0.717) is 0 Å². The van der Waals surface area contributed by atoms with Crippen molar-refractivity contribution in [3.63, 3.8) is 0 Å². The summed E-state index contributed by atoms with van der Waals surface area (Å²) in [5, 5.41) is 7.16. The number of benzene rings is 8. The number of hydrogen-bond acceptors (Lipinski definition) is 2. The van der Waals surface area contributed by atoms with E-state index in [1.807, 2.05) is 12.1 Å². The third kappa shape index (κ3) is 4.19. The Morgan fingerprint density at radius 2 is 0.870 bits per heavy atom. The van der Waals surface area contributed by atoms with Gasteiger partial charge in [-0.3, -0.25) is 0 Å². The van der Waals surface area contributed by atoms with Crippen molar-refractivity contribution in [3.05, 3.63) is 176 Å². The number of hydrogen-bond donors (Lipinski definition) is 0. The molecule has 9 aromatic rings. The second kappa shape index (κ2) is 10.8. The predicted octanol–water partition coefficient (Wildman–Crippen LogP) is 12.7. The van der Waals surface area contributed by atoms with Gasteiger partial charge in [0, 0.05) is 38.5 Å². The summed E-state index contributed by atoms with van der Waals surface area (Å²) in [7, 11) is 0. The van der Waals surface area contributed by atoms with Crippen LogP contribution in [-0.4, -0.2) is 0 Å². The first-order valence-electron chi connectivity index (χ1n) is 15.7. The molecule has 1 aromatic heterocycles. The number of furan rings is 1. The van der Waals surface area contributed by atoms with Gasteiger partial charge < -0.3 is 9.32 Å². The zero-order valence-corrected chi connectivity index (χ0v) is 25.1. The molecule has 0 aliphatic rings. The Balaban J connectivity index is 1.28. The summed E-state index contributed by atoms with van der Waals surface area (Å²) in [5.74, 6) is 0. The van der Waals surface area contributed by atoms with E-state index >= 15 is 0 Å². The van der Waals surface area contributed by atoms with Crippen LogP contribution in [0.2, 0.25) is 0 Å². The first-order valence-corrected chi connectivity index (χ1v) is 15.7. The fraction of sp³-hybridized carbons (Fsp3) is 0. The van der Waals surface area contributed by atoms with Crippen LogP contribution in [0.25, 0.3) is 65.7 Å². The summed E-state index contributed by atoms with van der Waals surface area (Å²) in [6.45, 7) is 0. The van der Waals surface area contributed by atoms with Gasteiger partial charge in [-0.1, -0.05) is 146 Å². The fourth-order valence-electron chi connectivity index (χ4n) is 7.01. The molecular weight excluding hydrogens is 558 g/mol. The second-order valence-electron chi connectivity index (χ2n) is 11.7. The van der Waals surface area contributed by atoms with E-state index in [2.05, 4.69) is 169 Å². The van der Waals surface area contributed by atoms with Gasteiger partial charge in [-0.05, 0) is 57.8 Å². The molecule has 0 bridgehead atoms. The third-order valence-electron chi connectivity index (χ3n) is 9.04. The molecule has 0 saturated carbocycles. The van der Waals surface area contributed by atoms with Crippen LogP contribution in [0.15, 0.2) is 180 Å². The number of fused-ring (bicyclic) bond motifs is 5. The Bertz CT molecular complexity index is 2450. The number of nitrogens with zero attached hydrogens (tertiary/aromatic N) is 1. The zero-order chi connectivity index (χ0) is 30.5. The molecule has 9 rings (SSSR count). The van der Waals surface area contributed by atoms with Gasteiger partial charge in [0.15, 0.2) is 0 Å². The summed E-state index contributed by atoms with van der Waals surface area (Å²) >= 11 is 0. The number of para-hydroxylation sites is 3. The highest BCUT2D eigenvalue weighted by Gasteiger charge is 2.22. The predicted molar refractivity (Wildman–Crippen MR) is 194 cm³/mol. The lowest BCUT2D eigenvalue weighted by Crippen LogP contribution is -2.11. The highest BCUT2D eigenvalue weighted by molar-refractivity contribution is 6.22. The van der Waals surface area contributed by atoms with Gasteiger partial charge in [0.2, 0.25) is 0 Å². The minimum atomic E-state index is 0.912. The molecule has 0 N–H and O–H groups in total. The minimum Gasteiger partial charge on any atom is -0.455 e. The lowest BCUT2D eigenvalue weighted by molar-refractivity contribution is 0.670. The van der Waals surface area contributed by atoms with Gasteiger partial charge in [0.25, 0.3) is 0 Å². The lowest BCUT2D eigenvalue weighted by atomic mass is 9.90. The maximum Gasteiger partial charge on any atom is 0.143 e. The Kier molecular flexibility index (Phi) is 6.17. The van der Waals surface area contributed by atoms with Crippen molar-refractivity contribution >= 4 is 60.5 Å². The molecular formula is C44H29NO. The van der Waals surface area contributed by atoms with Crippen LogP contribution in [0.1, 0.15) is 0 Å². The normalized spacial score (nSPS) is 11.5. The average Bonchev–Trinajstić information content (AvgIpc) is 3.52. The molecule has 46 heavy (non-hydrogen) atoms. The topological polar surface area (TPSA) is 16.4 Å². The lowest BCUT2D eigenvalue weighted by Gasteiger charge is -2.29. The molecule has 8 aromatic carbocycles. The zero-order valence-electron chi connectivity index (χ0n) is 25.1. The summed E-state index contributed by atoms with van der Waals surface area (Å²) in [4.78, 5) is 2.41. The molecule has 216 valence electrons. The maximum absolute atomic E-state index is 6.39. The molecule has 0 atom stereocenters. The van der Waals surface area contributed by atoms with Gasteiger partial charge in [0.05, 0.1) is 5.69 Å². The van der Waals surface area contributed by atoms with E-state index in [-0.39, 0.29) is 0 Å². The minimum absolute atomic E-state index is 0.912. The number of anilines is 3. The van der Waals surface area contributed by atoms with Gasteiger partial charge >= 0.3 is 0 Å². The maximum atomic E-state index is 6.39. The summed E-state index contributed by atoms with van der Waals surface area (Å²) in [6, 6.07) is 62.6. The van der Waals surface area contributed by atoms with Crippen molar-refractivity contribution in [1.82, 2.24) is 0 Å². The SMILES string of the molecule is c1ccc(-c2c3ccccc3c(N(c3ccccc3)c3ccc(-c4cccc5c4oc4ccccc45)cc3)c3ccccc23)cc1. The molecule has 0 unspecified atom stereocenters. The molecule has 1 heterocycles. The van der Waals surface area contributed by atoms with Gasteiger partial charge in [-0.25, -0.2) is 0 Å². The Labute approximate surface area is 267 Å². The molecule has 0 saturated heterocycles.